The Bertz CT molecular complexity index is 344. The van der Waals surface area contributed by atoms with Gasteiger partial charge >= 0.3 is 0 Å². The largest absolute Gasteiger partial charge is 0.508 e. The summed E-state index contributed by atoms with van der Waals surface area (Å²) in [4.78, 5) is 0. The molecule has 1 radical (unpaired) electrons. The molecule has 107 valence electrons. The third kappa shape index (κ3) is 7.25. The first kappa shape index (κ1) is 16.1. The maximum Gasteiger partial charge on any atom is 0.119 e. The fraction of sp³-hybridized carbons (Fsp3) is 0.611. The molecule has 1 nitrogen and oxygen atoms in total. The lowest BCUT2D eigenvalue weighted by atomic mass is 10.0. The maximum atomic E-state index is 9.81. The second-order valence-electron chi connectivity index (χ2n) is 5.56. The van der Waals surface area contributed by atoms with Crippen molar-refractivity contribution in [2.24, 2.45) is 0 Å². The number of aryl methyl sites for hydroxylation is 2. The average Bonchev–Trinajstić information content (AvgIpc) is 2.39. The molecule has 0 aliphatic carbocycles. The van der Waals surface area contributed by atoms with E-state index in [1.54, 1.807) is 0 Å². The normalized spacial score (nSPS) is 10.8. The molecule has 1 heteroatoms. The Morgan fingerprint density at radius 1 is 0.895 bits per heavy atom. The van der Waals surface area contributed by atoms with Gasteiger partial charge in [-0.15, -0.1) is 0 Å². The zero-order valence-corrected chi connectivity index (χ0v) is 12.5. The van der Waals surface area contributed by atoms with Gasteiger partial charge in [-0.05, 0) is 37.0 Å². The van der Waals surface area contributed by atoms with E-state index >= 15 is 0 Å². The highest BCUT2D eigenvalue weighted by Gasteiger charge is 2.00. The van der Waals surface area contributed by atoms with Gasteiger partial charge < -0.3 is 5.11 Å². The predicted octanol–water partition coefficient (Wildman–Crippen LogP) is 5.59. The zero-order valence-electron chi connectivity index (χ0n) is 12.5. The summed E-state index contributed by atoms with van der Waals surface area (Å²) in [5.74, 6) is 0.466. The zero-order chi connectivity index (χ0) is 13.9. The van der Waals surface area contributed by atoms with Crippen LogP contribution in [-0.4, -0.2) is 5.11 Å². The van der Waals surface area contributed by atoms with Crippen molar-refractivity contribution in [2.45, 2.75) is 71.1 Å². The SMILES string of the molecule is [CH2]CCCCCCCCCCc1ccc(C)cc1O. The topological polar surface area (TPSA) is 20.2 Å². The molecule has 1 rings (SSSR count). The number of phenols is 1. The molecule has 0 saturated carbocycles. The van der Waals surface area contributed by atoms with E-state index in [0.717, 1.165) is 24.0 Å². The van der Waals surface area contributed by atoms with Crippen molar-refractivity contribution >= 4 is 0 Å². The fourth-order valence-corrected chi connectivity index (χ4v) is 2.44. The molecule has 0 amide bonds. The first-order valence-corrected chi connectivity index (χ1v) is 7.82. The van der Waals surface area contributed by atoms with Gasteiger partial charge in [0.15, 0.2) is 0 Å². The Balaban J connectivity index is 2.01. The molecule has 0 heterocycles. The van der Waals surface area contributed by atoms with E-state index in [1.807, 2.05) is 13.0 Å². The monoisotopic (exact) mass is 261 g/mol. The van der Waals surface area contributed by atoms with Crippen LogP contribution in [0, 0.1) is 13.8 Å². The quantitative estimate of drug-likeness (QED) is 0.544. The molecular weight excluding hydrogens is 232 g/mol. The minimum Gasteiger partial charge on any atom is -0.508 e. The highest BCUT2D eigenvalue weighted by Crippen LogP contribution is 2.21. The lowest BCUT2D eigenvalue weighted by Crippen LogP contribution is -1.88. The molecule has 0 aliphatic heterocycles. The van der Waals surface area contributed by atoms with E-state index in [1.165, 1.54) is 51.4 Å². The van der Waals surface area contributed by atoms with Gasteiger partial charge in [0.2, 0.25) is 0 Å². The molecule has 0 unspecified atom stereocenters. The van der Waals surface area contributed by atoms with E-state index < -0.39 is 0 Å². The van der Waals surface area contributed by atoms with Crippen molar-refractivity contribution in [2.75, 3.05) is 0 Å². The van der Waals surface area contributed by atoms with Gasteiger partial charge in [-0.2, -0.15) is 0 Å². The van der Waals surface area contributed by atoms with Gasteiger partial charge in [-0.3, -0.25) is 0 Å². The van der Waals surface area contributed by atoms with Gasteiger partial charge in [-0.1, -0.05) is 70.4 Å². The maximum absolute atomic E-state index is 9.81. The average molecular weight is 261 g/mol. The summed E-state index contributed by atoms with van der Waals surface area (Å²) in [5, 5.41) is 9.81. The Morgan fingerprint density at radius 2 is 1.47 bits per heavy atom. The smallest absolute Gasteiger partial charge is 0.119 e. The number of rotatable bonds is 10. The van der Waals surface area contributed by atoms with Crippen LogP contribution in [-0.2, 0) is 6.42 Å². The number of hydrogen-bond acceptors (Lipinski definition) is 1. The molecule has 1 N–H and O–H groups in total. The van der Waals surface area contributed by atoms with Crippen LogP contribution in [0.5, 0.6) is 5.75 Å². The standard InChI is InChI=1S/C18H29O/c1-3-4-5-6-7-8-9-10-11-12-17-14-13-16(2)15-18(17)19/h13-15,19H,1,3-12H2,2H3. The van der Waals surface area contributed by atoms with Crippen LogP contribution >= 0.6 is 0 Å². The van der Waals surface area contributed by atoms with Crippen LogP contribution in [0.3, 0.4) is 0 Å². The van der Waals surface area contributed by atoms with E-state index in [4.69, 9.17) is 0 Å². The number of phenolic OH excluding ortho intramolecular Hbond substituents is 1. The van der Waals surface area contributed by atoms with E-state index in [0.29, 0.717) is 5.75 Å². The van der Waals surface area contributed by atoms with E-state index in [-0.39, 0.29) is 0 Å². The highest BCUT2D eigenvalue weighted by molar-refractivity contribution is 5.35. The van der Waals surface area contributed by atoms with Crippen LogP contribution in [0.15, 0.2) is 18.2 Å². The fourth-order valence-electron chi connectivity index (χ4n) is 2.44. The van der Waals surface area contributed by atoms with Crippen molar-refractivity contribution in [1.29, 1.82) is 0 Å². The molecule has 0 aliphatic rings. The van der Waals surface area contributed by atoms with Crippen molar-refractivity contribution in [3.63, 3.8) is 0 Å². The van der Waals surface area contributed by atoms with Crippen molar-refractivity contribution in [3.8, 4) is 5.75 Å². The second kappa shape index (κ2) is 9.89. The summed E-state index contributed by atoms with van der Waals surface area (Å²) in [7, 11) is 0. The summed E-state index contributed by atoms with van der Waals surface area (Å²) in [6.07, 6.45) is 12.6. The first-order valence-electron chi connectivity index (χ1n) is 7.82. The molecule has 0 spiro atoms. The third-order valence-corrected chi connectivity index (χ3v) is 3.69. The molecule has 1 aromatic rings. The highest BCUT2D eigenvalue weighted by atomic mass is 16.3. The molecular formula is C18H29O. The Hall–Kier alpha value is -0.980. The summed E-state index contributed by atoms with van der Waals surface area (Å²) in [5.41, 5.74) is 2.23. The summed E-state index contributed by atoms with van der Waals surface area (Å²) in [6, 6.07) is 6.00. The molecule has 0 bridgehead atoms. The van der Waals surface area contributed by atoms with E-state index in [2.05, 4.69) is 19.1 Å². The molecule has 0 fully saturated rings. The first-order chi connectivity index (χ1) is 9.24. The summed E-state index contributed by atoms with van der Waals surface area (Å²) < 4.78 is 0. The molecule has 0 saturated heterocycles. The second-order valence-corrected chi connectivity index (χ2v) is 5.56. The van der Waals surface area contributed by atoms with Gasteiger partial charge in [-0.25, -0.2) is 0 Å². The van der Waals surface area contributed by atoms with E-state index in [9.17, 15) is 5.11 Å². The third-order valence-electron chi connectivity index (χ3n) is 3.69. The number of unbranched alkanes of at least 4 members (excludes halogenated alkanes) is 8. The van der Waals surface area contributed by atoms with Gasteiger partial charge in [0.05, 0.1) is 0 Å². The molecule has 1 aromatic carbocycles. The molecule has 0 aromatic heterocycles. The van der Waals surface area contributed by atoms with Crippen LogP contribution in [0.1, 0.15) is 68.9 Å². The Kier molecular flexibility index (Phi) is 8.36. The van der Waals surface area contributed by atoms with Gasteiger partial charge in [0, 0.05) is 0 Å². The van der Waals surface area contributed by atoms with Crippen LogP contribution in [0.2, 0.25) is 0 Å². The number of benzene rings is 1. The van der Waals surface area contributed by atoms with Crippen LogP contribution in [0.4, 0.5) is 0 Å². The Morgan fingerprint density at radius 3 is 2.05 bits per heavy atom. The lowest BCUT2D eigenvalue weighted by Gasteiger charge is -2.05. The number of aromatic hydroxyl groups is 1. The predicted molar refractivity (Wildman–Crippen MR) is 83.5 cm³/mol. The van der Waals surface area contributed by atoms with Crippen molar-refractivity contribution in [3.05, 3.63) is 36.2 Å². The van der Waals surface area contributed by atoms with Crippen molar-refractivity contribution in [1.82, 2.24) is 0 Å². The summed E-state index contributed by atoms with van der Waals surface area (Å²) in [6.45, 7) is 5.88. The summed E-state index contributed by atoms with van der Waals surface area (Å²) >= 11 is 0. The van der Waals surface area contributed by atoms with Gasteiger partial charge in [0.25, 0.3) is 0 Å². The Labute approximate surface area is 119 Å². The van der Waals surface area contributed by atoms with Crippen LogP contribution in [0.25, 0.3) is 0 Å². The minimum absolute atomic E-state index is 0.466. The molecule has 19 heavy (non-hydrogen) atoms. The minimum atomic E-state index is 0.466. The lowest BCUT2D eigenvalue weighted by molar-refractivity contribution is 0.465. The van der Waals surface area contributed by atoms with Crippen molar-refractivity contribution < 1.29 is 5.11 Å². The molecule has 0 atom stereocenters. The van der Waals surface area contributed by atoms with Gasteiger partial charge in [0.1, 0.15) is 5.75 Å². The number of hydrogen-bond donors (Lipinski definition) is 1. The van der Waals surface area contributed by atoms with Crippen LogP contribution < -0.4 is 0 Å².